The fraction of sp³-hybridized carbons (Fsp3) is 0.455. The summed E-state index contributed by atoms with van der Waals surface area (Å²) in [4.78, 5) is 17.0. The summed E-state index contributed by atoms with van der Waals surface area (Å²) in [7, 11) is 0. The molecule has 1 aromatic heterocycles. The Labute approximate surface area is 99.2 Å². The maximum atomic E-state index is 11.4. The third-order valence-electron chi connectivity index (χ3n) is 2.93. The minimum Gasteiger partial charge on any atom is -0.339 e. The highest BCUT2D eigenvalue weighted by Gasteiger charge is 2.23. The van der Waals surface area contributed by atoms with Crippen LogP contribution in [0.5, 0.6) is 0 Å². The first kappa shape index (κ1) is 11.3. The number of nitrogens with zero attached hydrogens (tertiary/aromatic N) is 5. The molecule has 0 spiro atoms. The van der Waals surface area contributed by atoms with E-state index in [1.165, 1.54) is 6.08 Å². The van der Waals surface area contributed by atoms with Crippen molar-refractivity contribution < 1.29 is 4.79 Å². The second-order valence-electron chi connectivity index (χ2n) is 3.92. The van der Waals surface area contributed by atoms with E-state index in [2.05, 4.69) is 16.7 Å². The first-order valence-corrected chi connectivity index (χ1v) is 5.47. The standard InChI is InChI=1S/C11H13N5O/c1-2-11(17)15-5-3-9(4-6-15)16-8-13-10(7-12)14-16/h2,8-9H,1,3-6H2. The molecule has 1 aromatic rings. The highest BCUT2D eigenvalue weighted by atomic mass is 16.2. The Morgan fingerprint density at radius 1 is 1.59 bits per heavy atom. The third-order valence-corrected chi connectivity index (χ3v) is 2.93. The van der Waals surface area contributed by atoms with E-state index in [0.29, 0.717) is 13.1 Å². The molecule has 6 nitrogen and oxygen atoms in total. The van der Waals surface area contributed by atoms with Crippen molar-refractivity contribution in [3.63, 3.8) is 0 Å². The Morgan fingerprint density at radius 2 is 2.29 bits per heavy atom. The summed E-state index contributed by atoms with van der Waals surface area (Å²) in [6.07, 6.45) is 4.57. The van der Waals surface area contributed by atoms with Crippen LogP contribution in [0.3, 0.4) is 0 Å². The Balaban J connectivity index is 1.97. The molecule has 0 N–H and O–H groups in total. The largest absolute Gasteiger partial charge is 0.339 e. The quantitative estimate of drug-likeness (QED) is 0.694. The van der Waals surface area contributed by atoms with Gasteiger partial charge in [0.05, 0.1) is 6.04 Å². The van der Waals surface area contributed by atoms with Gasteiger partial charge in [-0.25, -0.2) is 9.67 Å². The monoisotopic (exact) mass is 231 g/mol. The fourth-order valence-electron chi connectivity index (χ4n) is 1.98. The minimum absolute atomic E-state index is 0.0280. The lowest BCUT2D eigenvalue weighted by molar-refractivity contribution is -0.127. The van der Waals surface area contributed by atoms with Crippen molar-refractivity contribution in [3.8, 4) is 6.07 Å². The van der Waals surface area contributed by atoms with Crippen molar-refractivity contribution in [3.05, 3.63) is 24.8 Å². The average molecular weight is 231 g/mol. The molecule has 0 aliphatic carbocycles. The van der Waals surface area contributed by atoms with E-state index in [0.717, 1.165) is 12.8 Å². The van der Waals surface area contributed by atoms with Gasteiger partial charge in [0.1, 0.15) is 12.4 Å². The van der Waals surface area contributed by atoms with Gasteiger partial charge in [0, 0.05) is 13.1 Å². The van der Waals surface area contributed by atoms with Gasteiger partial charge < -0.3 is 4.90 Å². The topological polar surface area (TPSA) is 74.8 Å². The van der Waals surface area contributed by atoms with Gasteiger partial charge in [0.2, 0.25) is 5.91 Å². The van der Waals surface area contributed by atoms with E-state index < -0.39 is 0 Å². The molecule has 1 aliphatic heterocycles. The molecule has 1 amide bonds. The summed E-state index contributed by atoms with van der Waals surface area (Å²) in [6.45, 7) is 4.86. The van der Waals surface area contributed by atoms with Crippen LogP contribution in [0.2, 0.25) is 0 Å². The van der Waals surface area contributed by atoms with Crippen molar-refractivity contribution in [2.75, 3.05) is 13.1 Å². The summed E-state index contributed by atoms with van der Waals surface area (Å²) < 4.78 is 1.72. The lowest BCUT2D eigenvalue weighted by Gasteiger charge is -2.31. The van der Waals surface area contributed by atoms with Crippen LogP contribution < -0.4 is 0 Å². The first-order valence-electron chi connectivity index (χ1n) is 5.47. The zero-order chi connectivity index (χ0) is 12.3. The van der Waals surface area contributed by atoms with Crippen molar-refractivity contribution in [1.29, 1.82) is 5.26 Å². The zero-order valence-electron chi connectivity index (χ0n) is 9.41. The van der Waals surface area contributed by atoms with Gasteiger partial charge in [-0.15, -0.1) is 5.10 Å². The molecule has 0 aromatic carbocycles. The number of amides is 1. The van der Waals surface area contributed by atoms with E-state index in [1.807, 2.05) is 6.07 Å². The van der Waals surface area contributed by atoms with Crippen LogP contribution >= 0.6 is 0 Å². The Kier molecular flexibility index (Phi) is 3.19. The molecule has 0 saturated carbocycles. The molecule has 0 bridgehead atoms. The zero-order valence-corrected chi connectivity index (χ0v) is 9.41. The molecule has 0 atom stereocenters. The number of likely N-dealkylation sites (tertiary alicyclic amines) is 1. The van der Waals surface area contributed by atoms with Gasteiger partial charge >= 0.3 is 0 Å². The highest BCUT2D eigenvalue weighted by molar-refractivity contribution is 5.87. The Bertz CT molecular complexity index is 464. The van der Waals surface area contributed by atoms with E-state index in [9.17, 15) is 4.79 Å². The molecule has 0 unspecified atom stereocenters. The van der Waals surface area contributed by atoms with Gasteiger partial charge in [-0.1, -0.05) is 6.58 Å². The van der Waals surface area contributed by atoms with Gasteiger partial charge in [-0.2, -0.15) is 5.26 Å². The van der Waals surface area contributed by atoms with Crippen LogP contribution in [0.15, 0.2) is 19.0 Å². The molecule has 2 rings (SSSR count). The molecule has 2 heterocycles. The highest BCUT2D eigenvalue weighted by Crippen LogP contribution is 2.21. The second-order valence-corrected chi connectivity index (χ2v) is 3.92. The molecular weight excluding hydrogens is 218 g/mol. The normalized spacial score (nSPS) is 16.5. The van der Waals surface area contributed by atoms with Crippen molar-refractivity contribution in [1.82, 2.24) is 19.7 Å². The average Bonchev–Trinajstić information content (AvgIpc) is 2.87. The molecule has 6 heteroatoms. The van der Waals surface area contributed by atoms with Crippen LogP contribution in [0, 0.1) is 11.3 Å². The summed E-state index contributed by atoms with van der Waals surface area (Å²) in [5.74, 6) is 0.161. The number of carbonyl (C=O) groups excluding carboxylic acids is 1. The van der Waals surface area contributed by atoms with Gasteiger partial charge in [-0.3, -0.25) is 4.79 Å². The van der Waals surface area contributed by atoms with E-state index >= 15 is 0 Å². The lowest BCUT2D eigenvalue weighted by atomic mass is 10.1. The summed E-state index contributed by atoms with van der Waals surface area (Å²) in [6, 6.07) is 2.12. The van der Waals surface area contributed by atoms with Gasteiger partial charge in [0.25, 0.3) is 5.82 Å². The maximum Gasteiger partial charge on any atom is 0.252 e. The number of piperidine rings is 1. The van der Waals surface area contributed by atoms with Crippen LogP contribution in [0.25, 0.3) is 0 Å². The van der Waals surface area contributed by atoms with E-state index in [4.69, 9.17) is 5.26 Å². The molecule has 1 fully saturated rings. The van der Waals surface area contributed by atoms with Crippen molar-refractivity contribution >= 4 is 5.91 Å². The lowest BCUT2D eigenvalue weighted by Crippen LogP contribution is -2.38. The number of hydrogen-bond acceptors (Lipinski definition) is 4. The third kappa shape index (κ3) is 2.33. The SMILES string of the molecule is C=CC(=O)N1CCC(n2cnc(C#N)n2)CC1. The van der Waals surface area contributed by atoms with Crippen LogP contribution in [-0.2, 0) is 4.79 Å². The maximum absolute atomic E-state index is 11.4. The van der Waals surface area contributed by atoms with E-state index in [1.54, 1.807) is 15.9 Å². The summed E-state index contributed by atoms with van der Waals surface area (Å²) >= 11 is 0. The number of aromatic nitrogens is 3. The Morgan fingerprint density at radius 3 is 2.82 bits per heavy atom. The predicted molar refractivity (Wildman–Crippen MR) is 59.8 cm³/mol. The first-order chi connectivity index (χ1) is 8.24. The van der Waals surface area contributed by atoms with Crippen LogP contribution in [-0.4, -0.2) is 38.7 Å². The minimum atomic E-state index is -0.0280. The van der Waals surface area contributed by atoms with Crippen molar-refractivity contribution in [2.45, 2.75) is 18.9 Å². The number of hydrogen-bond donors (Lipinski definition) is 0. The molecule has 17 heavy (non-hydrogen) atoms. The van der Waals surface area contributed by atoms with E-state index in [-0.39, 0.29) is 17.8 Å². The summed E-state index contributed by atoms with van der Waals surface area (Å²) in [5.41, 5.74) is 0. The number of nitriles is 1. The molecule has 1 saturated heterocycles. The van der Waals surface area contributed by atoms with Crippen LogP contribution in [0.4, 0.5) is 0 Å². The molecule has 1 aliphatic rings. The fourth-order valence-corrected chi connectivity index (χ4v) is 1.98. The molecular formula is C11H13N5O. The van der Waals surface area contributed by atoms with Gasteiger partial charge in [-0.05, 0) is 18.9 Å². The predicted octanol–water partition coefficient (Wildman–Crippen LogP) is 0.499. The second kappa shape index (κ2) is 4.78. The summed E-state index contributed by atoms with van der Waals surface area (Å²) in [5, 5.41) is 12.7. The van der Waals surface area contributed by atoms with Crippen LogP contribution in [0.1, 0.15) is 24.7 Å². The number of rotatable bonds is 2. The van der Waals surface area contributed by atoms with Gasteiger partial charge in [0.15, 0.2) is 0 Å². The molecule has 88 valence electrons. The number of carbonyl (C=O) groups is 1. The van der Waals surface area contributed by atoms with Crippen molar-refractivity contribution in [2.24, 2.45) is 0 Å². The smallest absolute Gasteiger partial charge is 0.252 e. The molecule has 0 radical (unpaired) electrons. The Hall–Kier alpha value is -2.16.